The van der Waals surface area contributed by atoms with Crippen LogP contribution in [0.15, 0.2) is 61.1 Å². The van der Waals surface area contributed by atoms with Crippen LogP contribution in [0.4, 0.5) is 5.82 Å². The Morgan fingerprint density at radius 1 is 1.02 bits per heavy atom. The molecule has 4 heterocycles. The molecule has 0 atom stereocenters. The topological polar surface area (TPSA) is 75.7 Å². The summed E-state index contributed by atoms with van der Waals surface area (Å²) in [5.74, 6) is 12.5. The number of hydrogen-bond donors (Lipinski definition) is 0. The normalized spacial score (nSPS) is 14.7. The number of anilines is 1. The molecular weight excluding hydrogens is 526 g/mol. The highest BCUT2D eigenvalue weighted by molar-refractivity contribution is 6.83. The van der Waals surface area contributed by atoms with Crippen LogP contribution in [0, 0.1) is 40.6 Å². The largest absolute Gasteiger partial charge is 0.487 e. The molecule has 8 heteroatoms. The number of pyridine rings is 2. The Labute approximate surface area is 241 Å². The molecule has 1 saturated heterocycles. The standard InChI is InChI=1S/C33H31N5O2Si/c1-41(2,3)16-14-25-8-11-28(12-9-25)40-30-21-37(22-30)32-13-10-26(19-35-32)31-17-29(39-15-4-5-24-6-7-24)23-38-33(31)27(18-34)20-36-38/h8-13,17,19-20,23-24,30H,6-7,15,21-22H2,1-3H3. The monoisotopic (exact) mass is 557 g/mol. The van der Waals surface area contributed by atoms with Crippen molar-refractivity contribution in [1.82, 2.24) is 14.6 Å². The molecule has 6 rings (SSSR count). The highest BCUT2D eigenvalue weighted by Gasteiger charge is 2.29. The average Bonchev–Trinajstić information content (AvgIpc) is 3.68. The van der Waals surface area contributed by atoms with Crippen LogP contribution >= 0.6 is 0 Å². The lowest BCUT2D eigenvalue weighted by Crippen LogP contribution is -2.54. The molecule has 1 aliphatic heterocycles. The van der Waals surface area contributed by atoms with Crippen molar-refractivity contribution in [1.29, 1.82) is 5.26 Å². The van der Waals surface area contributed by atoms with E-state index in [0.29, 0.717) is 23.8 Å². The number of fused-ring (bicyclic) bond motifs is 1. The molecule has 4 aromatic rings. The smallest absolute Gasteiger partial charge is 0.149 e. The third kappa shape index (κ3) is 6.38. The number of nitriles is 1. The van der Waals surface area contributed by atoms with Crippen molar-refractivity contribution in [3.05, 3.63) is 72.2 Å². The van der Waals surface area contributed by atoms with E-state index in [9.17, 15) is 5.26 Å². The molecule has 0 spiro atoms. The average molecular weight is 558 g/mol. The summed E-state index contributed by atoms with van der Waals surface area (Å²) in [6, 6.07) is 16.2. The Balaban J connectivity index is 1.11. The molecule has 2 aliphatic rings. The molecule has 0 bridgehead atoms. The Morgan fingerprint density at radius 3 is 2.51 bits per heavy atom. The molecule has 2 fully saturated rings. The number of ether oxygens (including phenoxy) is 2. The summed E-state index contributed by atoms with van der Waals surface area (Å²) in [5, 5.41) is 14.0. The first-order chi connectivity index (χ1) is 19.8. The molecule has 3 aromatic heterocycles. The van der Waals surface area contributed by atoms with Crippen LogP contribution in [0.5, 0.6) is 11.5 Å². The number of nitrogens with zero attached hydrogens (tertiary/aromatic N) is 5. The fourth-order valence-electron chi connectivity index (χ4n) is 4.51. The van der Waals surface area contributed by atoms with Crippen LogP contribution in [0.3, 0.4) is 0 Å². The minimum Gasteiger partial charge on any atom is -0.487 e. The van der Waals surface area contributed by atoms with Crippen LogP contribution in [0.1, 0.15) is 24.0 Å². The van der Waals surface area contributed by atoms with E-state index in [4.69, 9.17) is 14.5 Å². The highest BCUT2D eigenvalue weighted by Crippen LogP contribution is 2.32. The molecule has 1 saturated carbocycles. The minimum absolute atomic E-state index is 0.108. The van der Waals surface area contributed by atoms with Gasteiger partial charge >= 0.3 is 0 Å². The maximum absolute atomic E-state index is 9.66. The molecule has 41 heavy (non-hydrogen) atoms. The summed E-state index contributed by atoms with van der Waals surface area (Å²) in [5.41, 5.74) is 7.38. The zero-order valence-electron chi connectivity index (χ0n) is 23.5. The van der Waals surface area contributed by atoms with E-state index in [-0.39, 0.29) is 6.10 Å². The second-order valence-corrected chi connectivity index (χ2v) is 16.3. The second kappa shape index (κ2) is 11.0. The van der Waals surface area contributed by atoms with Crippen LogP contribution in [-0.4, -0.2) is 48.5 Å². The van der Waals surface area contributed by atoms with Crippen molar-refractivity contribution in [2.45, 2.75) is 38.6 Å². The zero-order valence-corrected chi connectivity index (χ0v) is 24.5. The third-order valence-corrected chi connectivity index (χ3v) is 7.75. The lowest BCUT2D eigenvalue weighted by atomic mass is 10.0. The third-order valence-electron chi connectivity index (χ3n) is 6.87. The first-order valence-electron chi connectivity index (χ1n) is 13.9. The lowest BCUT2D eigenvalue weighted by molar-refractivity contribution is 0.167. The minimum atomic E-state index is -1.39. The summed E-state index contributed by atoms with van der Waals surface area (Å²) < 4.78 is 13.8. The number of aromatic nitrogens is 3. The Hall–Kier alpha value is -4.71. The van der Waals surface area contributed by atoms with E-state index in [2.05, 4.69) is 59.0 Å². The van der Waals surface area contributed by atoms with Crippen LogP contribution in [0.2, 0.25) is 19.6 Å². The van der Waals surface area contributed by atoms with Gasteiger partial charge in [0.15, 0.2) is 0 Å². The quantitative estimate of drug-likeness (QED) is 0.228. The summed E-state index contributed by atoms with van der Waals surface area (Å²) in [4.78, 5) is 6.92. The molecule has 1 aliphatic carbocycles. The number of rotatable bonds is 6. The van der Waals surface area contributed by atoms with Crippen molar-refractivity contribution in [3.8, 4) is 52.0 Å². The van der Waals surface area contributed by atoms with E-state index in [1.54, 1.807) is 16.9 Å². The number of benzene rings is 1. The van der Waals surface area contributed by atoms with Gasteiger partial charge in [0.05, 0.1) is 36.6 Å². The van der Waals surface area contributed by atoms with Crippen LogP contribution in [-0.2, 0) is 0 Å². The van der Waals surface area contributed by atoms with Gasteiger partial charge in [0.2, 0.25) is 0 Å². The maximum atomic E-state index is 9.66. The molecule has 1 aromatic carbocycles. The molecule has 7 nitrogen and oxygen atoms in total. The lowest BCUT2D eigenvalue weighted by Gasteiger charge is -2.39. The van der Waals surface area contributed by atoms with Gasteiger partial charge in [0.25, 0.3) is 0 Å². The van der Waals surface area contributed by atoms with Gasteiger partial charge in [-0.1, -0.05) is 37.4 Å². The molecular formula is C33H31N5O2Si. The van der Waals surface area contributed by atoms with Crippen molar-refractivity contribution in [2.75, 3.05) is 24.6 Å². The van der Waals surface area contributed by atoms with E-state index >= 15 is 0 Å². The molecule has 0 amide bonds. The van der Waals surface area contributed by atoms with E-state index in [0.717, 1.165) is 46.9 Å². The van der Waals surface area contributed by atoms with Crippen molar-refractivity contribution >= 4 is 19.4 Å². The first kappa shape index (κ1) is 26.5. The summed E-state index contributed by atoms with van der Waals surface area (Å²) in [7, 11) is -1.39. The fourth-order valence-corrected chi connectivity index (χ4v) is 5.03. The zero-order chi connectivity index (χ0) is 28.4. The predicted molar refractivity (Wildman–Crippen MR) is 162 cm³/mol. The molecule has 0 radical (unpaired) electrons. The van der Waals surface area contributed by atoms with Crippen molar-refractivity contribution < 1.29 is 9.47 Å². The molecule has 0 N–H and O–H groups in total. The van der Waals surface area contributed by atoms with E-state index < -0.39 is 8.07 Å². The SMILES string of the molecule is C[Si](C)(C)C#Cc1ccc(OC2CN(c3ccc(-c4cc(OCC#CC5CC5)cn5ncc(C#N)c45)cn3)C2)cc1. The highest BCUT2D eigenvalue weighted by atomic mass is 28.3. The second-order valence-electron chi connectivity index (χ2n) is 11.5. The fraction of sp³-hybridized carbons (Fsp3) is 0.303. The first-order valence-corrected chi connectivity index (χ1v) is 17.4. The van der Waals surface area contributed by atoms with Crippen molar-refractivity contribution in [3.63, 3.8) is 0 Å². The maximum Gasteiger partial charge on any atom is 0.149 e. The van der Waals surface area contributed by atoms with Crippen LogP contribution < -0.4 is 14.4 Å². The van der Waals surface area contributed by atoms with Gasteiger partial charge < -0.3 is 14.4 Å². The summed E-state index contributed by atoms with van der Waals surface area (Å²) in [6.45, 7) is 8.57. The van der Waals surface area contributed by atoms with Gasteiger partial charge in [-0.2, -0.15) is 10.4 Å². The van der Waals surface area contributed by atoms with Gasteiger partial charge in [-0.05, 0) is 55.3 Å². The Kier molecular flexibility index (Phi) is 7.14. The van der Waals surface area contributed by atoms with E-state index in [1.807, 2.05) is 48.7 Å². The van der Waals surface area contributed by atoms with Crippen LogP contribution in [0.25, 0.3) is 16.6 Å². The Morgan fingerprint density at radius 2 is 1.83 bits per heavy atom. The van der Waals surface area contributed by atoms with Gasteiger partial charge in [-0.15, -0.1) is 5.54 Å². The molecule has 204 valence electrons. The predicted octanol–water partition coefficient (Wildman–Crippen LogP) is 5.56. The summed E-state index contributed by atoms with van der Waals surface area (Å²) >= 11 is 0. The number of hydrogen-bond acceptors (Lipinski definition) is 6. The summed E-state index contributed by atoms with van der Waals surface area (Å²) in [6.07, 6.45) is 7.68. The Bertz CT molecular complexity index is 1730. The molecule has 0 unspecified atom stereocenters. The van der Waals surface area contributed by atoms with Gasteiger partial charge in [-0.25, -0.2) is 9.50 Å². The van der Waals surface area contributed by atoms with Gasteiger partial charge in [0, 0.05) is 28.8 Å². The van der Waals surface area contributed by atoms with Crippen molar-refractivity contribution in [2.24, 2.45) is 5.92 Å². The van der Waals surface area contributed by atoms with Gasteiger partial charge in [0.1, 0.15) is 44.2 Å². The van der Waals surface area contributed by atoms with Gasteiger partial charge in [-0.3, -0.25) is 0 Å². The van der Waals surface area contributed by atoms with E-state index in [1.165, 1.54) is 12.8 Å².